The van der Waals surface area contributed by atoms with E-state index >= 15 is 0 Å². The minimum atomic E-state index is 0.429. The molecule has 2 aromatic rings. The lowest BCUT2D eigenvalue weighted by atomic mass is 9.94. The van der Waals surface area contributed by atoms with E-state index in [2.05, 4.69) is 62.0 Å². The van der Waals surface area contributed by atoms with Crippen LogP contribution in [0.4, 0.5) is 5.69 Å². The van der Waals surface area contributed by atoms with Gasteiger partial charge in [0.2, 0.25) is 0 Å². The molecule has 1 aliphatic carbocycles. The van der Waals surface area contributed by atoms with Gasteiger partial charge >= 0.3 is 0 Å². The van der Waals surface area contributed by atoms with Crippen LogP contribution in [0, 0.1) is 2.88 Å². The number of aryl methyl sites for hydroxylation is 1. The Bertz CT molecular complexity index is 628. The number of thiophene rings is 1. The molecule has 0 saturated heterocycles. The quantitative estimate of drug-likeness (QED) is 0.597. The number of fused-ring (bicyclic) bond motifs is 1. The van der Waals surface area contributed by atoms with Gasteiger partial charge in [-0.05, 0) is 87.6 Å². The van der Waals surface area contributed by atoms with Crippen LogP contribution >= 0.6 is 49.9 Å². The zero-order chi connectivity index (χ0) is 14.1. The van der Waals surface area contributed by atoms with Crippen LogP contribution in [0.1, 0.15) is 29.3 Å². The van der Waals surface area contributed by atoms with E-state index in [1.165, 1.54) is 27.7 Å². The lowest BCUT2D eigenvalue weighted by Gasteiger charge is -2.25. The van der Waals surface area contributed by atoms with Crippen molar-refractivity contribution in [2.24, 2.45) is 0 Å². The molecule has 1 aromatic carbocycles. The lowest BCUT2D eigenvalue weighted by Crippen LogP contribution is -2.15. The fraction of sp³-hybridized carbons (Fsp3) is 0.333. The Morgan fingerprint density at radius 1 is 1.40 bits per heavy atom. The molecule has 1 aromatic heterocycles. The van der Waals surface area contributed by atoms with E-state index in [0.29, 0.717) is 6.04 Å². The van der Waals surface area contributed by atoms with Gasteiger partial charge in [0.1, 0.15) is 5.75 Å². The molecule has 0 radical (unpaired) electrons. The molecule has 0 aliphatic heterocycles. The van der Waals surface area contributed by atoms with Crippen LogP contribution in [-0.2, 0) is 6.42 Å². The molecule has 0 spiro atoms. The summed E-state index contributed by atoms with van der Waals surface area (Å²) in [6, 6.07) is 8.92. The highest BCUT2D eigenvalue weighted by Gasteiger charge is 2.22. The first-order chi connectivity index (χ1) is 9.67. The Hall–Kier alpha value is -0.270. The topological polar surface area (TPSA) is 21.3 Å². The smallest absolute Gasteiger partial charge is 0.133 e. The van der Waals surface area contributed by atoms with Crippen molar-refractivity contribution in [3.63, 3.8) is 0 Å². The summed E-state index contributed by atoms with van der Waals surface area (Å²) in [6.45, 7) is 0. The van der Waals surface area contributed by atoms with Crippen molar-refractivity contribution >= 4 is 55.5 Å². The number of anilines is 1. The number of nitrogens with one attached hydrogen (secondary N) is 1. The van der Waals surface area contributed by atoms with Crippen molar-refractivity contribution in [1.29, 1.82) is 0 Å². The fourth-order valence-corrected chi connectivity index (χ4v) is 5.29. The maximum atomic E-state index is 5.28. The van der Waals surface area contributed by atoms with Gasteiger partial charge in [-0.15, -0.1) is 11.3 Å². The van der Waals surface area contributed by atoms with E-state index in [-0.39, 0.29) is 0 Å². The Morgan fingerprint density at radius 2 is 2.25 bits per heavy atom. The van der Waals surface area contributed by atoms with E-state index < -0.39 is 0 Å². The molecule has 1 aliphatic rings. The predicted octanol–water partition coefficient (Wildman–Crippen LogP) is 5.61. The predicted molar refractivity (Wildman–Crippen MR) is 97.0 cm³/mol. The molecule has 0 fully saturated rings. The molecule has 1 unspecified atom stereocenters. The number of ether oxygens (including phenoxy) is 1. The summed E-state index contributed by atoms with van der Waals surface area (Å²) in [5, 5.41) is 3.66. The standard InChI is InChI=1S/C15H15BrINOS/c1-19-13-6-5-9(7-11(13)16)18-12-3-2-4-14-10(12)8-15(17)20-14/h5-8,12,18H,2-4H2,1H3. The minimum absolute atomic E-state index is 0.429. The maximum Gasteiger partial charge on any atom is 0.133 e. The van der Waals surface area contributed by atoms with Crippen molar-refractivity contribution in [3.05, 3.63) is 42.1 Å². The largest absolute Gasteiger partial charge is 0.496 e. The summed E-state index contributed by atoms with van der Waals surface area (Å²) in [5.74, 6) is 0.866. The minimum Gasteiger partial charge on any atom is -0.496 e. The normalized spacial score (nSPS) is 17.6. The summed E-state index contributed by atoms with van der Waals surface area (Å²) < 4.78 is 7.65. The van der Waals surface area contributed by atoms with Crippen LogP contribution in [0.2, 0.25) is 0 Å². The van der Waals surface area contributed by atoms with E-state index in [9.17, 15) is 0 Å². The van der Waals surface area contributed by atoms with Crippen LogP contribution in [0.3, 0.4) is 0 Å². The van der Waals surface area contributed by atoms with Crippen LogP contribution < -0.4 is 10.1 Å². The molecule has 0 bridgehead atoms. The molecule has 0 amide bonds. The zero-order valence-electron chi connectivity index (χ0n) is 11.1. The highest BCUT2D eigenvalue weighted by atomic mass is 127. The number of hydrogen-bond donors (Lipinski definition) is 1. The van der Waals surface area contributed by atoms with Crippen LogP contribution in [0.5, 0.6) is 5.75 Å². The Morgan fingerprint density at radius 3 is 3.00 bits per heavy atom. The average molecular weight is 464 g/mol. The van der Waals surface area contributed by atoms with Gasteiger partial charge in [0.05, 0.1) is 20.5 Å². The monoisotopic (exact) mass is 463 g/mol. The molecule has 2 nitrogen and oxygen atoms in total. The summed E-state index contributed by atoms with van der Waals surface area (Å²) in [5.41, 5.74) is 2.62. The molecule has 20 heavy (non-hydrogen) atoms. The van der Waals surface area contributed by atoms with Crippen molar-refractivity contribution in [3.8, 4) is 5.75 Å². The first kappa shape index (κ1) is 14.7. The SMILES string of the molecule is COc1ccc(NC2CCCc3sc(I)cc32)cc1Br. The zero-order valence-corrected chi connectivity index (χ0v) is 15.6. The van der Waals surface area contributed by atoms with Crippen molar-refractivity contribution in [1.82, 2.24) is 0 Å². The molecule has 5 heteroatoms. The van der Waals surface area contributed by atoms with Gasteiger partial charge in [0, 0.05) is 10.6 Å². The number of rotatable bonds is 3. The third kappa shape index (κ3) is 2.99. The van der Waals surface area contributed by atoms with E-state index in [4.69, 9.17) is 4.74 Å². The van der Waals surface area contributed by atoms with Crippen LogP contribution in [0.15, 0.2) is 28.7 Å². The highest BCUT2D eigenvalue weighted by molar-refractivity contribution is 14.1. The number of hydrogen-bond acceptors (Lipinski definition) is 3. The van der Waals surface area contributed by atoms with Gasteiger partial charge < -0.3 is 10.1 Å². The first-order valence-corrected chi connectivity index (χ1v) is 9.24. The van der Waals surface area contributed by atoms with Gasteiger partial charge in [0.25, 0.3) is 0 Å². The molecule has 1 atom stereocenters. The second-order valence-corrected chi connectivity index (χ2v) is 8.75. The van der Waals surface area contributed by atoms with Gasteiger partial charge in [-0.1, -0.05) is 0 Å². The third-order valence-electron chi connectivity index (χ3n) is 3.58. The number of methoxy groups -OCH3 is 1. The lowest BCUT2D eigenvalue weighted by molar-refractivity contribution is 0.412. The molecule has 106 valence electrons. The van der Waals surface area contributed by atoms with Crippen molar-refractivity contribution in [2.75, 3.05) is 12.4 Å². The van der Waals surface area contributed by atoms with E-state index in [0.717, 1.165) is 15.9 Å². The fourth-order valence-electron chi connectivity index (χ4n) is 2.63. The Kier molecular flexibility index (Phi) is 4.57. The molecular weight excluding hydrogens is 449 g/mol. The van der Waals surface area contributed by atoms with E-state index in [1.54, 1.807) is 12.0 Å². The average Bonchev–Trinajstić information content (AvgIpc) is 2.80. The second-order valence-electron chi connectivity index (χ2n) is 4.87. The first-order valence-electron chi connectivity index (χ1n) is 6.55. The summed E-state index contributed by atoms with van der Waals surface area (Å²) in [4.78, 5) is 1.55. The van der Waals surface area contributed by atoms with Gasteiger partial charge in [-0.2, -0.15) is 0 Å². The van der Waals surface area contributed by atoms with Crippen LogP contribution in [-0.4, -0.2) is 7.11 Å². The summed E-state index contributed by atoms with van der Waals surface area (Å²) in [6.07, 6.45) is 3.69. The van der Waals surface area contributed by atoms with Gasteiger partial charge in [0.15, 0.2) is 0 Å². The molecule has 1 N–H and O–H groups in total. The van der Waals surface area contributed by atoms with Crippen LogP contribution in [0.25, 0.3) is 0 Å². The van der Waals surface area contributed by atoms with Crippen molar-refractivity contribution in [2.45, 2.75) is 25.3 Å². The molecule has 0 saturated carbocycles. The molecule has 1 heterocycles. The number of benzene rings is 1. The Labute approximate surface area is 145 Å². The van der Waals surface area contributed by atoms with Gasteiger partial charge in [-0.25, -0.2) is 0 Å². The second kappa shape index (κ2) is 6.23. The Balaban J connectivity index is 1.83. The van der Waals surface area contributed by atoms with Crippen molar-refractivity contribution < 1.29 is 4.74 Å². The summed E-state index contributed by atoms with van der Waals surface area (Å²) in [7, 11) is 1.69. The highest BCUT2D eigenvalue weighted by Crippen LogP contribution is 2.38. The molecular formula is C15H15BrINOS. The number of halogens is 2. The maximum absolute atomic E-state index is 5.28. The van der Waals surface area contributed by atoms with Gasteiger partial charge in [-0.3, -0.25) is 0 Å². The third-order valence-corrected chi connectivity index (χ3v) is 6.17. The van der Waals surface area contributed by atoms with E-state index in [1.807, 2.05) is 17.4 Å². The molecule has 3 rings (SSSR count). The summed E-state index contributed by atoms with van der Waals surface area (Å²) >= 11 is 7.90.